The van der Waals surface area contributed by atoms with E-state index >= 15 is 0 Å². The molecule has 0 aliphatic rings. The molecule has 11 rings (SSSR count). The second kappa shape index (κ2) is 16.6. The first-order valence-electron chi connectivity index (χ1n) is 22.7. The number of fused-ring (bicyclic) bond motifs is 6. The first-order valence-corrected chi connectivity index (χ1v) is 22.7. The minimum atomic E-state index is 0.974. The molecule has 0 bridgehead atoms. The Morgan fingerprint density at radius 1 is 0.455 bits per heavy atom. The number of hydrogen-bond donors (Lipinski definition) is 0. The van der Waals surface area contributed by atoms with E-state index in [1.54, 1.807) is 0 Å². The van der Waals surface area contributed by atoms with Crippen LogP contribution in [0.25, 0.3) is 88.4 Å². The molecule has 3 heteroatoms. The second-order valence-electron chi connectivity index (χ2n) is 17.2. The van der Waals surface area contributed by atoms with Gasteiger partial charge in [0.15, 0.2) is 0 Å². The fourth-order valence-electron chi connectivity index (χ4n) is 10.0. The molecule has 316 valence electrons. The fourth-order valence-corrected chi connectivity index (χ4v) is 10.0. The van der Waals surface area contributed by atoms with Gasteiger partial charge in [-0.25, -0.2) is 0 Å². The Hall–Kier alpha value is -8.40. The van der Waals surface area contributed by atoms with E-state index in [-0.39, 0.29) is 0 Å². The van der Waals surface area contributed by atoms with Crippen molar-refractivity contribution in [1.29, 1.82) is 0 Å². The number of hydrogen-bond acceptors (Lipinski definition) is 1. The van der Waals surface area contributed by atoms with Crippen molar-refractivity contribution < 1.29 is 0 Å². The molecule has 0 N–H and O–H groups in total. The summed E-state index contributed by atoms with van der Waals surface area (Å²) in [4.78, 5) is 2.37. The van der Waals surface area contributed by atoms with Gasteiger partial charge in [0, 0.05) is 50.0 Å². The van der Waals surface area contributed by atoms with E-state index in [0.29, 0.717) is 0 Å². The van der Waals surface area contributed by atoms with Gasteiger partial charge in [-0.1, -0.05) is 152 Å². The van der Waals surface area contributed by atoms with E-state index in [9.17, 15) is 0 Å². The smallest absolute Gasteiger partial charge is 0.0547 e. The Kier molecular flexibility index (Phi) is 10.2. The lowest BCUT2D eigenvalue weighted by Crippen LogP contribution is -2.10. The number of anilines is 3. The summed E-state index contributed by atoms with van der Waals surface area (Å²) in [7, 11) is 0. The highest BCUT2D eigenvalue weighted by Crippen LogP contribution is 2.48. The van der Waals surface area contributed by atoms with Gasteiger partial charge in [0.25, 0.3) is 0 Å². The van der Waals surface area contributed by atoms with Crippen LogP contribution in [0.5, 0.6) is 0 Å². The zero-order valence-electron chi connectivity index (χ0n) is 37.5. The zero-order valence-corrected chi connectivity index (χ0v) is 37.5. The molecule has 2 heterocycles. The number of aromatic nitrogens is 2. The Morgan fingerprint density at radius 2 is 1.03 bits per heavy atom. The van der Waals surface area contributed by atoms with Crippen LogP contribution in [0.4, 0.5) is 17.1 Å². The topological polar surface area (TPSA) is 13.1 Å². The maximum Gasteiger partial charge on any atom is 0.0547 e. The van der Waals surface area contributed by atoms with Crippen molar-refractivity contribution >= 4 is 66.4 Å². The Morgan fingerprint density at radius 3 is 1.73 bits per heavy atom. The summed E-state index contributed by atoms with van der Waals surface area (Å²) < 4.78 is 4.71. The molecule has 9 aromatic carbocycles. The lowest BCUT2D eigenvalue weighted by molar-refractivity contribution is 1.18. The number of nitrogens with zero attached hydrogens (tertiary/aromatic N) is 3. The molecule has 0 radical (unpaired) electrons. The molecular formula is C63H49N3. The minimum Gasteiger partial charge on any atom is -0.310 e. The zero-order chi connectivity index (χ0) is 44.9. The van der Waals surface area contributed by atoms with Crippen LogP contribution in [0.2, 0.25) is 0 Å². The number of aryl methyl sites for hydroxylation is 3. The fraction of sp³-hybridized carbons (Fsp3) is 0.0476. The molecule has 0 spiro atoms. The number of rotatable bonds is 10. The third-order valence-corrected chi connectivity index (χ3v) is 13.1. The van der Waals surface area contributed by atoms with Crippen molar-refractivity contribution in [3.63, 3.8) is 0 Å². The van der Waals surface area contributed by atoms with Crippen LogP contribution in [-0.4, -0.2) is 9.13 Å². The molecule has 66 heavy (non-hydrogen) atoms. The lowest BCUT2D eigenvalue weighted by atomic mass is 9.84. The van der Waals surface area contributed by atoms with E-state index in [2.05, 4.69) is 248 Å². The third-order valence-electron chi connectivity index (χ3n) is 13.1. The van der Waals surface area contributed by atoms with Gasteiger partial charge in [-0.15, -0.1) is 0 Å². The normalized spacial score (nSPS) is 11.8. The summed E-state index contributed by atoms with van der Waals surface area (Å²) in [6, 6.07) is 73.5. The molecule has 11 aromatic rings. The van der Waals surface area contributed by atoms with E-state index in [0.717, 1.165) is 45.0 Å². The Labute approximate surface area is 386 Å². The summed E-state index contributed by atoms with van der Waals surface area (Å²) in [6.07, 6.45) is 5.79. The quantitative estimate of drug-likeness (QED) is 0.125. The molecule has 0 saturated carbocycles. The largest absolute Gasteiger partial charge is 0.310 e. The van der Waals surface area contributed by atoms with Gasteiger partial charge < -0.3 is 14.0 Å². The van der Waals surface area contributed by atoms with Crippen LogP contribution < -0.4 is 4.90 Å². The molecule has 0 aliphatic carbocycles. The van der Waals surface area contributed by atoms with Crippen LogP contribution in [-0.2, 0) is 0 Å². The second-order valence-corrected chi connectivity index (χ2v) is 17.2. The average molecular weight is 848 g/mol. The predicted molar refractivity (Wildman–Crippen MR) is 284 cm³/mol. The van der Waals surface area contributed by atoms with Crippen molar-refractivity contribution in [3.8, 4) is 39.1 Å². The van der Waals surface area contributed by atoms with Gasteiger partial charge in [0.1, 0.15) is 0 Å². The van der Waals surface area contributed by atoms with Crippen LogP contribution in [0.3, 0.4) is 0 Å². The molecule has 2 aromatic heterocycles. The molecule has 3 nitrogen and oxygen atoms in total. The van der Waals surface area contributed by atoms with Crippen LogP contribution >= 0.6 is 0 Å². The van der Waals surface area contributed by atoms with Gasteiger partial charge in [0.2, 0.25) is 0 Å². The van der Waals surface area contributed by atoms with Crippen molar-refractivity contribution in [1.82, 2.24) is 9.13 Å². The van der Waals surface area contributed by atoms with Crippen LogP contribution in [0.15, 0.2) is 232 Å². The average Bonchev–Trinajstić information content (AvgIpc) is 3.88. The number of benzene rings is 9. The summed E-state index contributed by atoms with van der Waals surface area (Å²) in [5.74, 6) is 0. The highest BCUT2D eigenvalue weighted by Gasteiger charge is 2.23. The first-order chi connectivity index (χ1) is 32.4. The van der Waals surface area contributed by atoms with E-state index in [1.165, 1.54) is 77.1 Å². The molecular weight excluding hydrogens is 799 g/mol. The maximum atomic E-state index is 4.23. The van der Waals surface area contributed by atoms with E-state index in [1.807, 2.05) is 18.2 Å². The van der Waals surface area contributed by atoms with Crippen LogP contribution in [0, 0.1) is 20.8 Å². The highest BCUT2D eigenvalue weighted by atomic mass is 15.1. The van der Waals surface area contributed by atoms with Gasteiger partial charge in [0.05, 0.1) is 22.1 Å². The van der Waals surface area contributed by atoms with Gasteiger partial charge in [-0.2, -0.15) is 0 Å². The number of allylic oxidation sites excluding steroid dienone is 4. The van der Waals surface area contributed by atoms with Crippen LogP contribution in [0.1, 0.15) is 16.7 Å². The monoisotopic (exact) mass is 847 g/mol. The summed E-state index contributed by atoms with van der Waals surface area (Å²) >= 11 is 0. The molecule has 0 atom stereocenters. The summed E-state index contributed by atoms with van der Waals surface area (Å²) in [5.41, 5.74) is 20.7. The SMILES string of the molecule is C=C/C=C(\C=C)n1c2ccccc2c2c(-c3cccc(-c4cc(N(c5ccc(C)cc5)c5ccc(C)cc5)ccc4C)c3-c3ccc4c(c3)c3ccccc3n4-c3ccccc3)cccc21. The Bertz CT molecular complexity index is 3650. The van der Waals surface area contributed by atoms with Crippen molar-refractivity contribution in [2.45, 2.75) is 20.8 Å². The molecule has 0 fully saturated rings. The third kappa shape index (κ3) is 6.76. The van der Waals surface area contributed by atoms with Crippen molar-refractivity contribution in [3.05, 3.63) is 248 Å². The first kappa shape index (κ1) is 40.4. The van der Waals surface area contributed by atoms with Crippen molar-refractivity contribution in [2.24, 2.45) is 0 Å². The number of para-hydroxylation sites is 3. The molecule has 0 amide bonds. The Balaban J connectivity index is 1.22. The summed E-state index contributed by atoms with van der Waals surface area (Å²) in [6.45, 7) is 14.8. The predicted octanol–water partition coefficient (Wildman–Crippen LogP) is 17.5. The van der Waals surface area contributed by atoms with Gasteiger partial charge >= 0.3 is 0 Å². The van der Waals surface area contributed by atoms with Gasteiger partial charge in [-0.05, 0) is 151 Å². The molecule has 0 unspecified atom stereocenters. The highest BCUT2D eigenvalue weighted by molar-refractivity contribution is 6.19. The van der Waals surface area contributed by atoms with E-state index < -0.39 is 0 Å². The molecule has 0 saturated heterocycles. The standard InChI is InChI=1S/C63H49N3/c1-6-17-46(7-2)65-59-26-14-12-21-55(59)63-53(24-16-27-61(63)65)52-22-15-23-54(56-41-50(38-32-44(56)5)64(48-34-28-42(3)29-35-48)49-36-30-43(4)31-37-49)62(52)45-33-39-60-57(40-45)51-20-11-13-25-58(51)66(60)47-18-9-8-10-19-47/h6-41H,1-2H2,3-5H3/b46-17+. The molecule has 0 aliphatic heterocycles. The van der Waals surface area contributed by atoms with Crippen molar-refractivity contribution in [2.75, 3.05) is 4.90 Å². The van der Waals surface area contributed by atoms with Gasteiger partial charge in [-0.3, -0.25) is 0 Å². The lowest BCUT2D eigenvalue weighted by Gasteiger charge is -2.27. The van der Waals surface area contributed by atoms with E-state index in [4.69, 9.17) is 0 Å². The summed E-state index contributed by atoms with van der Waals surface area (Å²) in [5, 5.41) is 4.81. The minimum absolute atomic E-state index is 0.974. The maximum absolute atomic E-state index is 4.23.